The molecule has 0 aliphatic rings. The van der Waals surface area contributed by atoms with Crippen molar-refractivity contribution < 1.29 is 31.9 Å². The average Bonchev–Trinajstić information content (AvgIpc) is 2.99. The Morgan fingerprint density at radius 3 is 2.62 bits per heavy atom. The molecule has 10 heteroatoms. The van der Waals surface area contributed by atoms with Crippen molar-refractivity contribution in [1.29, 1.82) is 0 Å². The van der Waals surface area contributed by atoms with E-state index in [1.54, 1.807) is 24.3 Å². The van der Waals surface area contributed by atoms with E-state index in [9.17, 15) is 27.6 Å². The Balaban J connectivity index is 1.51. The van der Waals surface area contributed by atoms with Crippen molar-refractivity contribution in [3.63, 3.8) is 0 Å². The van der Waals surface area contributed by atoms with Crippen LogP contribution in [0.1, 0.15) is 12.0 Å². The number of esters is 1. The van der Waals surface area contributed by atoms with Crippen LogP contribution < -0.4 is 11.1 Å². The molecule has 2 aromatic carbocycles. The lowest BCUT2D eigenvalue weighted by atomic mass is 10.2. The molecule has 3 rings (SSSR count). The Kier molecular flexibility index (Phi) is 5.71. The number of aryl methyl sites for hydroxylation is 1. The van der Waals surface area contributed by atoms with Gasteiger partial charge in [0.1, 0.15) is 0 Å². The zero-order chi connectivity index (χ0) is 21.0. The highest BCUT2D eigenvalue weighted by atomic mass is 19.4. The van der Waals surface area contributed by atoms with Crippen molar-refractivity contribution in [3.8, 4) is 0 Å². The van der Waals surface area contributed by atoms with Gasteiger partial charge in [0, 0.05) is 12.2 Å². The van der Waals surface area contributed by atoms with Crippen LogP contribution in [-0.2, 0) is 27.0 Å². The van der Waals surface area contributed by atoms with Crippen LogP contribution in [0.25, 0.3) is 11.1 Å². The molecule has 0 unspecified atom stereocenters. The first kappa shape index (κ1) is 20.2. The number of nitrogens with zero attached hydrogens (tertiary/aromatic N) is 1. The zero-order valence-electron chi connectivity index (χ0n) is 14.9. The smallest absolute Gasteiger partial charge is 0.419 e. The molecule has 1 N–H and O–H groups in total. The second-order valence-electron chi connectivity index (χ2n) is 6.02. The molecule has 0 aliphatic heterocycles. The van der Waals surface area contributed by atoms with Gasteiger partial charge in [0.05, 0.1) is 17.5 Å². The molecule has 152 valence electrons. The second kappa shape index (κ2) is 8.21. The van der Waals surface area contributed by atoms with Gasteiger partial charge >= 0.3 is 17.9 Å². The van der Waals surface area contributed by atoms with Gasteiger partial charge < -0.3 is 14.5 Å². The largest absolute Gasteiger partial charge is 0.456 e. The maximum absolute atomic E-state index is 12.7. The summed E-state index contributed by atoms with van der Waals surface area (Å²) in [5, 5.41) is 2.23. The maximum atomic E-state index is 12.7. The number of halogens is 3. The number of nitrogens with one attached hydrogen (secondary N) is 1. The summed E-state index contributed by atoms with van der Waals surface area (Å²) in [6.07, 6.45) is -4.73. The van der Waals surface area contributed by atoms with Gasteiger partial charge in [-0.25, -0.2) is 4.79 Å². The second-order valence-corrected chi connectivity index (χ2v) is 6.02. The summed E-state index contributed by atoms with van der Waals surface area (Å²) in [4.78, 5) is 35.4. The quantitative estimate of drug-likeness (QED) is 0.633. The van der Waals surface area contributed by atoms with E-state index >= 15 is 0 Å². The lowest BCUT2D eigenvalue weighted by Gasteiger charge is -2.10. The number of ether oxygens (including phenoxy) is 1. The van der Waals surface area contributed by atoms with Crippen molar-refractivity contribution in [2.45, 2.75) is 19.1 Å². The molecule has 0 atom stereocenters. The van der Waals surface area contributed by atoms with Crippen LogP contribution in [0.2, 0.25) is 0 Å². The number of oxazole rings is 1. The highest BCUT2D eigenvalue weighted by Gasteiger charge is 2.30. The van der Waals surface area contributed by atoms with Crippen LogP contribution in [0.15, 0.2) is 57.7 Å². The van der Waals surface area contributed by atoms with Crippen LogP contribution in [0.4, 0.5) is 18.9 Å². The zero-order valence-corrected chi connectivity index (χ0v) is 14.9. The van der Waals surface area contributed by atoms with Crippen molar-refractivity contribution >= 4 is 28.7 Å². The van der Waals surface area contributed by atoms with Crippen molar-refractivity contribution in [1.82, 2.24) is 4.57 Å². The van der Waals surface area contributed by atoms with Gasteiger partial charge in [-0.3, -0.25) is 14.2 Å². The van der Waals surface area contributed by atoms with E-state index in [4.69, 9.17) is 9.15 Å². The predicted molar refractivity (Wildman–Crippen MR) is 96.1 cm³/mol. The average molecular weight is 408 g/mol. The SMILES string of the molecule is O=C(COC(=O)CCn1c(=O)oc2ccccc21)Nc1cccc(C(F)(F)F)c1. The number of para-hydroxylation sites is 2. The van der Waals surface area contributed by atoms with Crippen LogP contribution in [-0.4, -0.2) is 23.1 Å². The van der Waals surface area contributed by atoms with Gasteiger partial charge in [0.25, 0.3) is 5.91 Å². The number of hydrogen-bond acceptors (Lipinski definition) is 5. The van der Waals surface area contributed by atoms with Crippen molar-refractivity contribution in [2.75, 3.05) is 11.9 Å². The predicted octanol–water partition coefficient (Wildman–Crippen LogP) is 3.19. The summed E-state index contributed by atoms with van der Waals surface area (Å²) in [6, 6.07) is 10.8. The highest BCUT2D eigenvalue weighted by Crippen LogP contribution is 2.30. The molecular formula is C19H15F3N2O5. The summed E-state index contributed by atoms with van der Waals surface area (Å²) in [5.74, 6) is -2.16. The Bertz CT molecular complexity index is 1100. The Morgan fingerprint density at radius 1 is 1.10 bits per heavy atom. The fourth-order valence-corrected chi connectivity index (χ4v) is 2.62. The topological polar surface area (TPSA) is 90.5 Å². The van der Waals surface area contributed by atoms with E-state index in [2.05, 4.69) is 5.32 Å². The van der Waals surface area contributed by atoms with Gasteiger partial charge in [-0.1, -0.05) is 18.2 Å². The number of fused-ring (bicyclic) bond motifs is 1. The Hall–Kier alpha value is -3.56. The third kappa shape index (κ3) is 5.03. The number of amides is 1. The van der Waals surface area contributed by atoms with E-state index in [-0.39, 0.29) is 18.7 Å². The molecule has 1 aromatic heterocycles. The lowest BCUT2D eigenvalue weighted by molar-refractivity contribution is -0.147. The molecule has 0 radical (unpaired) electrons. The molecule has 1 amide bonds. The number of anilines is 1. The molecule has 0 saturated carbocycles. The minimum absolute atomic E-state index is 0.00999. The number of rotatable bonds is 6. The van der Waals surface area contributed by atoms with E-state index in [0.717, 1.165) is 18.2 Å². The summed E-state index contributed by atoms with van der Waals surface area (Å²) in [7, 11) is 0. The van der Waals surface area contributed by atoms with Gasteiger partial charge in [-0.2, -0.15) is 13.2 Å². The number of aromatic nitrogens is 1. The van der Waals surface area contributed by atoms with E-state index in [0.29, 0.717) is 11.1 Å². The maximum Gasteiger partial charge on any atom is 0.419 e. The number of carbonyl (C=O) groups is 2. The fourth-order valence-electron chi connectivity index (χ4n) is 2.62. The summed E-state index contributed by atoms with van der Waals surface area (Å²) < 4.78 is 49.1. The van der Waals surface area contributed by atoms with Crippen LogP contribution >= 0.6 is 0 Å². The number of alkyl halides is 3. The minimum Gasteiger partial charge on any atom is -0.456 e. The first-order chi connectivity index (χ1) is 13.7. The Morgan fingerprint density at radius 2 is 1.86 bits per heavy atom. The monoisotopic (exact) mass is 408 g/mol. The van der Waals surface area contributed by atoms with Crippen LogP contribution in [0.5, 0.6) is 0 Å². The standard InChI is InChI=1S/C19H15F3N2O5/c20-19(21,22)12-4-3-5-13(10-12)23-16(25)11-28-17(26)8-9-24-14-6-1-2-7-15(14)29-18(24)27/h1-7,10H,8-9,11H2,(H,23,25). The molecule has 0 saturated heterocycles. The van der Waals surface area contributed by atoms with Gasteiger partial charge in [0.15, 0.2) is 12.2 Å². The number of benzene rings is 2. The van der Waals surface area contributed by atoms with Crippen LogP contribution in [0, 0.1) is 0 Å². The van der Waals surface area contributed by atoms with Gasteiger partial charge in [0.2, 0.25) is 0 Å². The highest BCUT2D eigenvalue weighted by molar-refractivity contribution is 5.92. The molecule has 3 aromatic rings. The molecule has 1 heterocycles. The normalized spacial score (nSPS) is 11.4. The van der Waals surface area contributed by atoms with Crippen molar-refractivity contribution in [2.24, 2.45) is 0 Å². The summed E-state index contributed by atoms with van der Waals surface area (Å²) in [5.41, 5.74) is -0.0821. The lowest BCUT2D eigenvalue weighted by Crippen LogP contribution is -2.22. The van der Waals surface area contributed by atoms with Gasteiger partial charge in [-0.05, 0) is 30.3 Å². The number of carbonyl (C=O) groups excluding carboxylic acids is 2. The molecule has 0 aliphatic carbocycles. The molecular weight excluding hydrogens is 393 g/mol. The molecule has 29 heavy (non-hydrogen) atoms. The fraction of sp³-hybridized carbons (Fsp3) is 0.211. The van der Waals surface area contributed by atoms with E-state index < -0.39 is 36.0 Å². The molecule has 0 spiro atoms. The van der Waals surface area contributed by atoms with E-state index in [1.165, 1.54) is 10.6 Å². The Labute approximate surface area is 161 Å². The molecule has 7 nitrogen and oxygen atoms in total. The van der Waals surface area contributed by atoms with Gasteiger partial charge in [-0.15, -0.1) is 0 Å². The third-order valence-corrected chi connectivity index (χ3v) is 3.95. The summed E-state index contributed by atoms with van der Waals surface area (Å²) in [6.45, 7) is -0.681. The summed E-state index contributed by atoms with van der Waals surface area (Å²) >= 11 is 0. The first-order valence-electron chi connectivity index (χ1n) is 8.45. The first-order valence-corrected chi connectivity index (χ1v) is 8.45. The van der Waals surface area contributed by atoms with Crippen LogP contribution in [0.3, 0.4) is 0 Å². The minimum atomic E-state index is -4.54. The third-order valence-electron chi connectivity index (χ3n) is 3.95. The molecule has 0 bridgehead atoms. The van der Waals surface area contributed by atoms with E-state index in [1.807, 2.05) is 0 Å². The number of hydrogen-bond donors (Lipinski definition) is 1. The molecule has 0 fully saturated rings. The van der Waals surface area contributed by atoms with Crippen molar-refractivity contribution in [3.05, 3.63) is 64.6 Å².